The molecule has 0 aliphatic heterocycles. The summed E-state index contributed by atoms with van der Waals surface area (Å²) >= 11 is 0. The summed E-state index contributed by atoms with van der Waals surface area (Å²) in [5, 5.41) is 4.42. The molecule has 5 nitrogen and oxygen atoms in total. The Morgan fingerprint density at radius 2 is 2.05 bits per heavy atom. The van der Waals surface area contributed by atoms with Gasteiger partial charge in [-0.1, -0.05) is 27.7 Å². The summed E-state index contributed by atoms with van der Waals surface area (Å²) in [5.74, 6) is 0.714. The van der Waals surface area contributed by atoms with Crippen LogP contribution in [0.2, 0.25) is 0 Å². The third-order valence-corrected chi connectivity index (χ3v) is 3.53. The highest BCUT2D eigenvalue weighted by Crippen LogP contribution is 2.21. The van der Waals surface area contributed by atoms with Gasteiger partial charge in [0.25, 0.3) is 0 Å². The lowest BCUT2D eigenvalue weighted by Gasteiger charge is -2.18. The van der Waals surface area contributed by atoms with Crippen LogP contribution in [0.3, 0.4) is 0 Å². The second-order valence-electron chi connectivity index (χ2n) is 7.05. The molecule has 0 saturated heterocycles. The molecule has 0 atom stereocenters. The van der Waals surface area contributed by atoms with Crippen LogP contribution in [0.5, 0.6) is 0 Å². The van der Waals surface area contributed by atoms with Crippen LogP contribution in [0.15, 0.2) is 6.07 Å². The van der Waals surface area contributed by atoms with Gasteiger partial charge < -0.3 is 10.5 Å². The van der Waals surface area contributed by atoms with E-state index in [-0.39, 0.29) is 5.41 Å². The molecule has 22 heavy (non-hydrogen) atoms. The van der Waals surface area contributed by atoms with E-state index in [1.807, 2.05) is 13.0 Å². The second kappa shape index (κ2) is 6.65. The molecule has 2 aromatic rings. The van der Waals surface area contributed by atoms with E-state index in [0.29, 0.717) is 5.82 Å². The van der Waals surface area contributed by atoms with Crippen molar-refractivity contribution in [1.82, 2.24) is 14.6 Å². The summed E-state index contributed by atoms with van der Waals surface area (Å²) in [4.78, 5) is 4.69. The van der Waals surface area contributed by atoms with Gasteiger partial charge in [-0.05, 0) is 31.6 Å². The molecule has 0 aromatic carbocycles. The number of anilines is 1. The molecule has 0 amide bonds. The highest BCUT2D eigenvalue weighted by molar-refractivity contribution is 5.53. The SMILES string of the molecule is CCc1nc2cc(C)nn2c(N)c1CCCOCC(C)(C)C. The zero-order chi connectivity index (χ0) is 16.3. The fourth-order valence-electron chi connectivity index (χ4n) is 2.52. The van der Waals surface area contributed by atoms with E-state index in [1.165, 1.54) is 0 Å². The minimum absolute atomic E-state index is 0.209. The Balaban J connectivity index is 2.08. The quantitative estimate of drug-likeness (QED) is 0.832. The first-order chi connectivity index (χ1) is 10.3. The third kappa shape index (κ3) is 3.97. The van der Waals surface area contributed by atoms with Crippen LogP contribution < -0.4 is 5.73 Å². The average molecular weight is 304 g/mol. The molecule has 0 unspecified atom stereocenters. The number of nitrogen functional groups attached to an aromatic ring is 1. The van der Waals surface area contributed by atoms with E-state index in [9.17, 15) is 0 Å². The Labute approximate surface area is 132 Å². The van der Waals surface area contributed by atoms with Crippen molar-refractivity contribution < 1.29 is 4.74 Å². The molecule has 0 fully saturated rings. The standard InChI is InChI=1S/C17H28N4O/c1-6-14-13(8-7-9-22-11-17(3,4)5)16(18)21-15(19-14)10-12(2)20-21/h10H,6-9,11,18H2,1-5H3. The number of fused-ring (bicyclic) bond motifs is 1. The van der Waals surface area contributed by atoms with E-state index in [0.717, 1.165) is 55.1 Å². The summed E-state index contributed by atoms with van der Waals surface area (Å²) in [6, 6.07) is 1.96. The van der Waals surface area contributed by atoms with E-state index < -0.39 is 0 Å². The van der Waals surface area contributed by atoms with Crippen LogP contribution in [-0.4, -0.2) is 27.8 Å². The maximum atomic E-state index is 6.31. The summed E-state index contributed by atoms with van der Waals surface area (Å²) in [7, 11) is 0. The van der Waals surface area contributed by atoms with Gasteiger partial charge in [0.15, 0.2) is 5.65 Å². The highest BCUT2D eigenvalue weighted by atomic mass is 16.5. The monoisotopic (exact) mass is 304 g/mol. The lowest BCUT2D eigenvalue weighted by Crippen LogP contribution is -2.16. The average Bonchev–Trinajstić information content (AvgIpc) is 2.80. The Morgan fingerprint density at radius 3 is 2.68 bits per heavy atom. The number of rotatable bonds is 6. The van der Waals surface area contributed by atoms with Crippen molar-refractivity contribution in [2.75, 3.05) is 18.9 Å². The minimum Gasteiger partial charge on any atom is -0.383 e. The number of aryl methyl sites for hydroxylation is 2. The predicted molar refractivity (Wildman–Crippen MR) is 90.1 cm³/mol. The fraction of sp³-hybridized carbons (Fsp3) is 0.647. The smallest absolute Gasteiger partial charge is 0.157 e. The summed E-state index contributed by atoms with van der Waals surface area (Å²) in [6.45, 7) is 12.1. The maximum absolute atomic E-state index is 6.31. The molecule has 0 aliphatic carbocycles. The van der Waals surface area contributed by atoms with Crippen LogP contribution >= 0.6 is 0 Å². The number of nitrogens with zero attached hydrogens (tertiary/aromatic N) is 3. The Kier molecular flexibility index (Phi) is 5.06. The van der Waals surface area contributed by atoms with Gasteiger partial charge in [-0.25, -0.2) is 4.98 Å². The number of nitrogens with two attached hydrogens (primary N) is 1. The third-order valence-electron chi connectivity index (χ3n) is 3.53. The Morgan fingerprint density at radius 1 is 1.32 bits per heavy atom. The maximum Gasteiger partial charge on any atom is 0.157 e. The fourth-order valence-corrected chi connectivity index (χ4v) is 2.52. The first kappa shape index (κ1) is 16.7. The summed E-state index contributed by atoms with van der Waals surface area (Å²) in [5.41, 5.74) is 10.5. The van der Waals surface area contributed by atoms with E-state index in [4.69, 9.17) is 15.5 Å². The van der Waals surface area contributed by atoms with E-state index in [1.54, 1.807) is 4.52 Å². The summed E-state index contributed by atoms with van der Waals surface area (Å²) in [6.07, 6.45) is 2.70. The van der Waals surface area contributed by atoms with Gasteiger partial charge in [0.2, 0.25) is 0 Å². The Bertz CT molecular complexity index is 640. The molecule has 2 N–H and O–H groups in total. The Hall–Kier alpha value is -1.62. The number of ether oxygens (including phenoxy) is 1. The molecular weight excluding hydrogens is 276 g/mol. The van der Waals surface area contributed by atoms with E-state index in [2.05, 4.69) is 32.8 Å². The van der Waals surface area contributed by atoms with Gasteiger partial charge in [0.05, 0.1) is 12.3 Å². The molecule has 0 radical (unpaired) electrons. The normalized spacial score (nSPS) is 12.2. The van der Waals surface area contributed by atoms with E-state index >= 15 is 0 Å². The topological polar surface area (TPSA) is 65.4 Å². The summed E-state index contributed by atoms with van der Waals surface area (Å²) < 4.78 is 7.49. The van der Waals surface area contributed by atoms with Crippen molar-refractivity contribution in [3.05, 3.63) is 23.0 Å². The lowest BCUT2D eigenvalue weighted by molar-refractivity contribution is 0.0698. The predicted octanol–water partition coefficient (Wildman–Crippen LogP) is 3.18. The van der Waals surface area contributed by atoms with Crippen molar-refractivity contribution in [2.24, 2.45) is 5.41 Å². The van der Waals surface area contributed by atoms with Crippen molar-refractivity contribution >= 4 is 11.5 Å². The van der Waals surface area contributed by atoms with Crippen molar-refractivity contribution in [2.45, 2.75) is 53.9 Å². The molecule has 5 heteroatoms. The van der Waals surface area contributed by atoms with Crippen LogP contribution in [0.1, 0.15) is 51.1 Å². The molecule has 0 saturated carbocycles. The van der Waals surface area contributed by atoms with Crippen LogP contribution in [0.4, 0.5) is 5.82 Å². The van der Waals surface area contributed by atoms with Gasteiger partial charge in [-0.15, -0.1) is 0 Å². The molecular formula is C17H28N4O. The molecule has 2 rings (SSSR count). The minimum atomic E-state index is 0.209. The largest absolute Gasteiger partial charge is 0.383 e. The van der Waals surface area contributed by atoms with Crippen LogP contribution in [-0.2, 0) is 17.6 Å². The van der Waals surface area contributed by atoms with Gasteiger partial charge in [0.1, 0.15) is 5.82 Å². The number of aromatic nitrogens is 3. The molecule has 0 aliphatic rings. The van der Waals surface area contributed by atoms with Gasteiger partial charge in [-0.2, -0.15) is 9.61 Å². The molecule has 0 bridgehead atoms. The first-order valence-electron chi connectivity index (χ1n) is 8.03. The lowest BCUT2D eigenvalue weighted by atomic mass is 9.99. The van der Waals surface area contributed by atoms with Gasteiger partial charge in [0, 0.05) is 23.9 Å². The number of hydrogen-bond donors (Lipinski definition) is 1. The second-order valence-corrected chi connectivity index (χ2v) is 7.05. The molecule has 2 aromatic heterocycles. The highest BCUT2D eigenvalue weighted by Gasteiger charge is 2.14. The van der Waals surface area contributed by atoms with Crippen LogP contribution in [0.25, 0.3) is 5.65 Å². The molecule has 2 heterocycles. The zero-order valence-electron chi connectivity index (χ0n) is 14.4. The molecule has 122 valence electrons. The van der Waals surface area contributed by atoms with Crippen molar-refractivity contribution in [3.8, 4) is 0 Å². The number of hydrogen-bond acceptors (Lipinski definition) is 4. The first-order valence-corrected chi connectivity index (χ1v) is 8.03. The van der Waals surface area contributed by atoms with Gasteiger partial charge in [-0.3, -0.25) is 0 Å². The molecule has 0 spiro atoms. The van der Waals surface area contributed by atoms with Crippen molar-refractivity contribution in [3.63, 3.8) is 0 Å². The van der Waals surface area contributed by atoms with Crippen LogP contribution in [0, 0.1) is 12.3 Å². The zero-order valence-corrected chi connectivity index (χ0v) is 14.4. The van der Waals surface area contributed by atoms with Gasteiger partial charge >= 0.3 is 0 Å². The van der Waals surface area contributed by atoms with Crippen molar-refractivity contribution in [1.29, 1.82) is 0 Å².